The number of ether oxygens (including phenoxy) is 1. The summed E-state index contributed by atoms with van der Waals surface area (Å²) in [6.45, 7) is 2.75. The highest BCUT2D eigenvalue weighted by molar-refractivity contribution is 5.86. The van der Waals surface area contributed by atoms with Gasteiger partial charge in [0.15, 0.2) is 0 Å². The molecule has 2 aliphatic heterocycles. The molecule has 0 unspecified atom stereocenters. The van der Waals surface area contributed by atoms with Crippen molar-refractivity contribution in [1.29, 1.82) is 0 Å². The average Bonchev–Trinajstić information content (AvgIpc) is 3.33. The first-order valence-electron chi connectivity index (χ1n) is 9.87. The van der Waals surface area contributed by atoms with Crippen LogP contribution in [0.1, 0.15) is 48.8 Å². The van der Waals surface area contributed by atoms with Gasteiger partial charge in [0, 0.05) is 17.8 Å². The Kier molecular flexibility index (Phi) is 5.07. The summed E-state index contributed by atoms with van der Waals surface area (Å²) < 4.78 is 4.71. The van der Waals surface area contributed by atoms with Crippen molar-refractivity contribution >= 4 is 12.0 Å². The Morgan fingerprint density at radius 3 is 2.79 bits per heavy atom. The molecule has 2 aromatic rings. The third-order valence-corrected chi connectivity index (χ3v) is 5.67. The van der Waals surface area contributed by atoms with Gasteiger partial charge in [-0.05, 0) is 39.0 Å². The average molecular weight is 382 g/mol. The van der Waals surface area contributed by atoms with Crippen molar-refractivity contribution in [2.24, 2.45) is 0 Å². The molecule has 2 N–H and O–H groups in total. The summed E-state index contributed by atoms with van der Waals surface area (Å²) in [5.41, 5.74) is 4.36. The van der Waals surface area contributed by atoms with Crippen LogP contribution in [0.15, 0.2) is 24.3 Å². The van der Waals surface area contributed by atoms with Crippen LogP contribution in [0, 0.1) is 6.92 Å². The fraction of sp³-hybridized carbons (Fsp3) is 0.476. The van der Waals surface area contributed by atoms with Crippen molar-refractivity contribution in [3.63, 3.8) is 0 Å². The highest BCUT2D eigenvalue weighted by Crippen LogP contribution is 2.35. The maximum atomic E-state index is 13.1. The number of alkyl carbamates (subject to hydrolysis) is 1. The molecule has 28 heavy (non-hydrogen) atoms. The summed E-state index contributed by atoms with van der Waals surface area (Å²) >= 11 is 0. The number of aromatic amines is 1. The molecule has 0 aliphatic carbocycles. The van der Waals surface area contributed by atoms with E-state index in [9.17, 15) is 9.59 Å². The normalized spacial score (nSPS) is 21.9. The molecular formula is C21H26N4O3. The van der Waals surface area contributed by atoms with Gasteiger partial charge in [-0.15, -0.1) is 0 Å². The minimum absolute atomic E-state index is 0.0513. The molecular weight excluding hydrogens is 356 g/mol. The molecule has 1 aromatic carbocycles. The molecule has 2 aliphatic rings. The molecule has 7 nitrogen and oxygen atoms in total. The van der Waals surface area contributed by atoms with Gasteiger partial charge in [0.25, 0.3) is 0 Å². The number of aromatic nitrogens is 2. The van der Waals surface area contributed by atoms with Crippen LogP contribution < -0.4 is 5.32 Å². The predicted octanol–water partition coefficient (Wildman–Crippen LogP) is 3.11. The van der Waals surface area contributed by atoms with Gasteiger partial charge in [-0.25, -0.2) is 9.78 Å². The number of rotatable bonds is 2. The minimum Gasteiger partial charge on any atom is -0.453 e. The van der Waals surface area contributed by atoms with Crippen LogP contribution in [0.25, 0.3) is 11.3 Å². The number of nitrogens with one attached hydrogen (secondary N) is 2. The highest BCUT2D eigenvalue weighted by atomic mass is 16.5. The zero-order chi connectivity index (χ0) is 19.7. The van der Waals surface area contributed by atoms with Crippen LogP contribution in [0.3, 0.4) is 0 Å². The fourth-order valence-corrected chi connectivity index (χ4v) is 4.18. The van der Waals surface area contributed by atoms with E-state index in [2.05, 4.69) is 41.5 Å². The molecule has 2 bridgehead atoms. The number of methoxy groups -OCH3 is 1. The number of imidazole rings is 1. The fourth-order valence-electron chi connectivity index (χ4n) is 4.18. The van der Waals surface area contributed by atoms with Gasteiger partial charge in [-0.3, -0.25) is 4.79 Å². The number of hydrogen-bond acceptors (Lipinski definition) is 4. The van der Waals surface area contributed by atoms with Crippen molar-refractivity contribution in [2.75, 3.05) is 13.7 Å². The van der Waals surface area contributed by atoms with Crippen molar-refractivity contribution < 1.29 is 14.3 Å². The molecule has 1 fully saturated rings. The Balaban J connectivity index is 1.69. The van der Waals surface area contributed by atoms with Gasteiger partial charge in [0.05, 0.1) is 18.8 Å². The third-order valence-electron chi connectivity index (χ3n) is 5.67. The van der Waals surface area contributed by atoms with E-state index in [1.165, 1.54) is 12.7 Å². The number of fused-ring (bicyclic) bond motifs is 4. The van der Waals surface area contributed by atoms with Crippen molar-refractivity contribution in [2.45, 2.75) is 51.1 Å². The number of amides is 2. The summed E-state index contributed by atoms with van der Waals surface area (Å²) in [6.07, 6.45) is 3.34. The number of nitrogens with zero attached hydrogens (tertiary/aromatic N) is 2. The first-order chi connectivity index (χ1) is 13.6. The Hall–Kier alpha value is -2.83. The second kappa shape index (κ2) is 7.66. The van der Waals surface area contributed by atoms with Gasteiger partial charge in [0.2, 0.25) is 5.91 Å². The number of carbonyl (C=O) groups is 2. The van der Waals surface area contributed by atoms with E-state index in [1.807, 2.05) is 4.90 Å². The van der Waals surface area contributed by atoms with Crippen molar-refractivity contribution in [1.82, 2.24) is 20.2 Å². The van der Waals surface area contributed by atoms with E-state index in [0.717, 1.165) is 48.5 Å². The van der Waals surface area contributed by atoms with Gasteiger partial charge in [-0.2, -0.15) is 0 Å². The SMILES string of the molecule is COC(=O)N[C@H]1CCCc2[nH]c(nc2-c2ccc(C)cc2)[C@@H]2CCCN2C1=O. The first kappa shape index (κ1) is 18.5. The Morgan fingerprint density at radius 2 is 2.04 bits per heavy atom. The summed E-state index contributed by atoms with van der Waals surface area (Å²) in [7, 11) is 1.32. The molecule has 148 valence electrons. The Bertz CT molecular complexity index is 874. The molecule has 4 rings (SSSR count). The van der Waals surface area contributed by atoms with Gasteiger partial charge in [0.1, 0.15) is 11.9 Å². The zero-order valence-corrected chi connectivity index (χ0v) is 16.3. The van der Waals surface area contributed by atoms with E-state index in [0.29, 0.717) is 13.0 Å². The monoisotopic (exact) mass is 382 g/mol. The van der Waals surface area contributed by atoms with Crippen LogP contribution in [0.5, 0.6) is 0 Å². The smallest absolute Gasteiger partial charge is 0.407 e. The Labute approximate surface area is 164 Å². The third kappa shape index (κ3) is 3.48. The lowest BCUT2D eigenvalue weighted by atomic mass is 10.0. The largest absolute Gasteiger partial charge is 0.453 e. The number of aryl methyl sites for hydroxylation is 2. The summed E-state index contributed by atoms with van der Waals surface area (Å²) in [4.78, 5) is 35.1. The molecule has 2 amide bonds. The van der Waals surface area contributed by atoms with E-state index in [1.54, 1.807) is 0 Å². The molecule has 1 saturated heterocycles. The first-order valence-corrected chi connectivity index (χ1v) is 9.87. The number of carbonyl (C=O) groups excluding carboxylic acids is 2. The van der Waals surface area contributed by atoms with E-state index in [4.69, 9.17) is 9.72 Å². The quantitative estimate of drug-likeness (QED) is 0.835. The lowest BCUT2D eigenvalue weighted by Crippen LogP contribution is -2.48. The van der Waals surface area contributed by atoms with Crippen LogP contribution >= 0.6 is 0 Å². The lowest BCUT2D eigenvalue weighted by Gasteiger charge is -2.28. The maximum Gasteiger partial charge on any atom is 0.407 e. The standard InChI is InChI=1S/C21H26N4O3/c1-13-8-10-14(11-9-13)18-15-5-3-6-16(23-21(27)28-2)20(26)25-12-4-7-17(25)19(22-15)24-18/h8-11,16-17H,3-7,12H2,1-2H3,(H,22,24)(H,23,27)/t16-,17-/m0/s1. The molecule has 0 saturated carbocycles. The van der Waals surface area contributed by atoms with Crippen LogP contribution in [0.4, 0.5) is 4.79 Å². The summed E-state index contributed by atoms with van der Waals surface area (Å²) in [6, 6.07) is 7.73. The van der Waals surface area contributed by atoms with E-state index in [-0.39, 0.29) is 11.9 Å². The lowest BCUT2D eigenvalue weighted by molar-refractivity contribution is -0.134. The summed E-state index contributed by atoms with van der Waals surface area (Å²) in [5.74, 6) is 0.791. The molecule has 3 heterocycles. The number of benzene rings is 1. The second-order valence-electron chi connectivity index (χ2n) is 7.59. The summed E-state index contributed by atoms with van der Waals surface area (Å²) in [5, 5.41) is 2.72. The van der Waals surface area contributed by atoms with E-state index < -0.39 is 12.1 Å². The zero-order valence-electron chi connectivity index (χ0n) is 16.3. The molecule has 0 radical (unpaired) electrons. The van der Waals surface area contributed by atoms with Crippen LogP contribution in [-0.2, 0) is 16.0 Å². The predicted molar refractivity (Wildman–Crippen MR) is 105 cm³/mol. The highest BCUT2D eigenvalue weighted by Gasteiger charge is 2.37. The van der Waals surface area contributed by atoms with Crippen molar-refractivity contribution in [3.05, 3.63) is 41.3 Å². The van der Waals surface area contributed by atoms with Crippen molar-refractivity contribution in [3.8, 4) is 11.3 Å². The number of hydrogen-bond donors (Lipinski definition) is 2. The van der Waals surface area contributed by atoms with Crippen LogP contribution in [0.2, 0.25) is 0 Å². The molecule has 0 spiro atoms. The second-order valence-corrected chi connectivity index (χ2v) is 7.59. The van der Waals surface area contributed by atoms with Crippen LogP contribution in [-0.4, -0.2) is 46.6 Å². The molecule has 2 atom stereocenters. The maximum absolute atomic E-state index is 13.1. The molecule has 1 aromatic heterocycles. The molecule has 7 heteroatoms. The Morgan fingerprint density at radius 1 is 1.25 bits per heavy atom. The van der Waals surface area contributed by atoms with Gasteiger partial charge >= 0.3 is 6.09 Å². The van der Waals surface area contributed by atoms with Gasteiger partial charge < -0.3 is 19.9 Å². The topological polar surface area (TPSA) is 87.3 Å². The minimum atomic E-state index is -0.566. The van der Waals surface area contributed by atoms with Gasteiger partial charge in [-0.1, -0.05) is 29.8 Å². The number of H-pyrrole nitrogens is 1. The van der Waals surface area contributed by atoms with E-state index >= 15 is 0 Å².